The number of aryl methyl sites for hydroxylation is 1. The highest BCUT2D eigenvalue weighted by atomic mass is 35.5. The van der Waals surface area contributed by atoms with Gasteiger partial charge in [0.05, 0.1) is 10.3 Å². The largest absolute Gasteiger partial charge is 0.484 e. The maximum Gasteiger partial charge on any atom is 0.237 e. The molecule has 2 aromatic carbocycles. The molecule has 1 heterocycles. The zero-order valence-electron chi connectivity index (χ0n) is 16.8. The van der Waals surface area contributed by atoms with Crippen molar-refractivity contribution in [1.82, 2.24) is 14.8 Å². The molecule has 0 spiro atoms. The van der Waals surface area contributed by atoms with E-state index in [9.17, 15) is 4.79 Å². The highest BCUT2D eigenvalue weighted by Gasteiger charge is 2.31. The summed E-state index contributed by atoms with van der Waals surface area (Å²) in [5.41, 5.74) is 1.90. The number of carbonyl (C=O) groups excluding carboxylic acids is 1. The first-order chi connectivity index (χ1) is 14.5. The van der Waals surface area contributed by atoms with Crippen molar-refractivity contribution in [2.45, 2.75) is 49.7 Å². The van der Waals surface area contributed by atoms with Crippen molar-refractivity contribution >= 4 is 35.0 Å². The minimum atomic E-state index is -0.315. The first-order valence-electron chi connectivity index (χ1n) is 9.86. The zero-order valence-corrected chi connectivity index (χ0v) is 18.4. The van der Waals surface area contributed by atoms with Crippen molar-refractivity contribution in [2.24, 2.45) is 0 Å². The maximum absolute atomic E-state index is 12.7. The Balaban J connectivity index is 1.44. The molecule has 1 N–H and O–H groups in total. The second-order valence-corrected chi connectivity index (χ2v) is 9.05. The highest BCUT2D eigenvalue weighted by Crippen LogP contribution is 2.40. The van der Waals surface area contributed by atoms with Crippen molar-refractivity contribution in [3.05, 3.63) is 64.9 Å². The van der Waals surface area contributed by atoms with Crippen molar-refractivity contribution in [3.8, 4) is 5.75 Å². The molecule has 1 aliphatic carbocycles. The molecule has 6 nitrogen and oxygen atoms in total. The fourth-order valence-electron chi connectivity index (χ4n) is 3.07. The van der Waals surface area contributed by atoms with Gasteiger partial charge in [-0.25, -0.2) is 0 Å². The predicted octanol–water partition coefficient (Wildman–Crippen LogP) is 5.27. The molecule has 0 radical (unpaired) electrons. The topological polar surface area (TPSA) is 69.0 Å². The Morgan fingerprint density at radius 1 is 1.27 bits per heavy atom. The molecule has 1 aliphatic rings. The van der Waals surface area contributed by atoms with Gasteiger partial charge in [-0.2, -0.15) is 0 Å². The molecule has 0 aliphatic heterocycles. The number of nitrogens with zero attached hydrogens (tertiary/aromatic N) is 3. The lowest BCUT2D eigenvalue weighted by Gasteiger charge is -2.14. The van der Waals surface area contributed by atoms with Gasteiger partial charge in [-0.15, -0.1) is 10.2 Å². The molecule has 156 valence electrons. The number of aromatic nitrogens is 3. The number of para-hydroxylation sites is 1. The summed E-state index contributed by atoms with van der Waals surface area (Å²) < 4.78 is 7.95. The number of benzene rings is 2. The van der Waals surface area contributed by atoms with Gasteiger partial charge in [0.25, 0.3) is 0 Å². The number of thioether (sulfide) groups is 1. The molecule has 8 heteroatoms. The summed E-state index contributed by atoms with van der Waals surface area (Å²) >= 11 is 7.59. The zero-order chi connectivity index (χ0) is 21.1. The van der Waals surface area contributed by atoms with Gasteiger partial charge in [0.2, 0.25) is 5.91 Å². The Morgan fingerprint density at radius 2 is 2.07 bits per heavy atom. The van der Waals surface area contributed by atoms with E-state index < -0.39 is 0 Å². The van der Waals surface area contributed by atoms with Gasteiger partial charge in [0, 0.05) is 11.7 Å². The van der Waals surface area contributed by atoms with Crippen LogP contribution in [0.15, 0.2) is 53.7 Å². The van der Waals surface area contributed by atoms with E-state index in [-0.39, 0.29) is 17.8 Å². The summed E-state index contributed by atoms with van der Waals surface area (Å²) in [4.78, 5) is 12.7. The van der Waals surface area contributed by atoms with Crippen LogP contribution in [0.25, 0.3) is 0 Å². The first kappa shape index (κ1) is 20.8. The summed E-state index contributed by atoms with van der Waals surface area (Å²) in [5.74, 6) is 1.29. The molecule has 1 unspecified atom stereocenters. The number of hydrogen-bond acceptors (Lipinski definition) is 5. The minimum absolute atomic E-state index is 0.0650. The lowest BCUT2D eigenvalue weighted by Crippen LogP contribution is -2.23. The van der Waals surface area contributed by atoms with Crippen molar-refractivity contribution in [1.29, 1.82) is 0 Å². The van der Waals surface area contributed by atoms with Crippen LogP contribution >= 0.6 is 23.4 Å². The Labute approximate surface area is 185 Å². The Bertz CT molecular complexity index is 1050. The Kier molecular flexibility index (Phi) is 6.29. The van der Waals surface area contributed by atoms with Gasteiger partial charge in [-0.1, -0.05) is 47.6 Å². The third-order valence-electron chi connectivity index (χ3n) is 4.78. The molecule has 1 amide bonds. The molecule has 30 heavy (non-hydrogen) atoms. The Morgan fingerprint density at radius 3 is 2.80 bits per heavy atom. The van der Waals surface area contributed by atoms with Gasteiger partial charge in [0.1, 0.15) is 12.4 Å². The maximum atomic E-state index is 12.7. The average Bonchev–Trinajstić information content (AvgIpc) is 3.48. The van der Waals surface area contributed by atoms with E-state index in [1.165, 1.54) is 11.8 Å². The molecule has 0 bridgehead atoms. The van der Waals surface area contributed by atoms with E-state index in [0.29, 0.717) is 16.8 Å². The fraction of sp³-hybridized carbons (Fsp3) is 0.318. The summed E-state index contributed by atoms with van der Waals surface area (Å²) in [5, 5.41) is 12.6. The van der Waals surface area contributed by atoms with Crippen LogP contribution in [0.4, 0.5) is 5.69 Å². The monoisotopic (exact) mass is 442 g/mol. The third kappa shape index (κ3) is 4.96. The Hall–Kier alpha value is -2.51. The second-order valence-electron chi connectivity index (χ2n) is 7.34. The molecule has 0 saturated heterocycles. The predicted molar refractivity (Wildman–Crippen MR) is 119 cm³/mol. The van der Waals surface area contributed by atoms with E-state index in [0.717, 1.165) is 35.1 Å². The third-order valence-corrected chi connectivity index (χ3v) is 6.15. The van der Waals surface area contributed by atoms with Gasteiger partial charge in [0.15, 0.2) is 11.0 Å². The minimum Gasteiger partial charge on any atom is -0.484 e. The van der Waals surface area contributed by atoms with Crippen molar-refractivity contribution in [3.63, 3.8) is 0 Å². The van der Waals surface area contributed by atoms with Crippen LogP contribution in [0.2, 0.25) is 5.02 Å². The van der Waals surface area contributed by atoms with Crippen LogP contribution in [0, 0.1) is 6.92 Å². The SMILES string of the molecule is Cc1cccc(NC(=O)C(C)Sc2nnc(COc3ccccc3Cl)n2C2CC2)c1. The van der Waals surface area contributed by atoms with Crippen LogP contribution < -0.4 is 10.1 Å². The number of carbonyl (C=O) groups is 1. The number of amides is 1. The second kappa shape index (κ2) is 9.10. The lowest BCUT2D eigenvalue weighted by atomic mass is 10.2. The highest BCUT2D eigenvalue weighted by molar-refractivity contribution is 8.00. The molecule has 4 rings (SSSR count). The van der Waals surface area contributed by atoms with E-state index in [4.69, 9.17) is 16.3 Å². The van der Waals surface area contributed by atoms with Gasteiger partial charge in [-0.05, 0) is 56.5 Å². The van der Waals surface area contributed by atoms with E-state index in [1.807, 2.05) is 56.3 Å². The summed E-state index contributed by atoms with van der Waals surface area (Å²) in [6, 6.07) is 15.5. The standard InChI is InChI=1S/C22H23ClN4O2S/c1-14-6-5-7-16(12-14)24-21(28)15(2)30-22-26-25-20(27(22)17-10-11-17)13-29-19-9-4-3-8-18(19)23/h3-9,12,15,17H,10-11,13H2,1-2H3,(H,24,28). The molecule has 1 atom stereocenters. The van der Waals surface area contributed by atoms with E-state index in [2.05, 4.69) is 20.1 Å². The van der Waals surface area contributed by atoms with Crippen LogP contribution in [0.3, 0.4) is 0 Å². The number of halogens is 1. The van der Waals surface area contributed by atoms with Gasteiger partial charge < -0.3 is 10.1 Å². The normalized spacial score (nSPS) is 14.4. The van der Waals surface area contributed by atoms with Gasteiger partial charge in [-0.3, -0.25) is 9.36 Å². The smallest absolute Gasteiger partial charge is 0.237 e. The van der Waals surface area contributed by atoms with E-state index in [1.54, 1.807) is 6.07 Å². The number of ether oxygens (including phenoxy) is 1. The fourth-order valence-corrected chi connectivity index (χ4v) is 4.20. The number of rotatable bonds is 8. The molecule has 1 saturated carbocycles. The molecular weight excluding hydrogens is 420 g/mol. The first-order valence-corrected chi connectivity index (χ1v) is 11.1. The van der Waals surface area contributed by atoms with Crippen LogP contribution in [-0.4, -0.2) is 25.9 Å². The van der Waals surface area contributed by atoms with E-state index >= 15 is 0 Å². The quantitative estimate of drug-likeness (QED) is 0.481. The van der Waals surface area contributed by atoms with Crippen LogP contribution in [0.5, 0.6) is 5.75 Å². The molecule has 3 aromatic rings. The van der Waals surface area contributed by atoms with Crippen LogP contribution in [-0.2, 0) is 11.4 Å². The summed E-state index contributed by atoms with van der Waals surface area (Å²) in [7, 11) is 0. The summed E-state index contributed by atoms with van der Waals surface area (Å²) in [6.07, 6.45) is 2.16. The molecule has 1 fully saturated rings. The number of hydrogen-bond donors (Lipinski definition) is 1. The van der Waals surface area contributed by atoms with Gasteiger partial charge >= 0.3 is 0 Å². The average molecular weight is 443 g/mol. The molecule has 1 aromatic heterocycles. The van der Waals surface area contributed by atoms with Crippen LogP contribution in [0.1, 0.15) is 37.2 Å². The number of anilines is 1. The number of nitrogens with one attached hydrogen (secondary N) is 1. The lowest BCUT2D eigenvalue weighted by molar-refractivity contribution is -0.115. The van der Waals surface area contributed by atoms with Crippen molar-refractivity contribution in [2.75, 3.05) is 5.32 Å². The molecular formula is C22H23ClN4O2S. The summed E-state index contributed by atoms with van der Waals surface area (Å²) in [6.45, 7) is 4.15. The van der Waals surface area contributed by atoms with Crippen molar-refractivity contribution < 1.29 is 9.53 Å².